The van der Waals surface area contributed by atoms with Gasteiger partial charge in [0.25, 0.3) is 0 Å². The Morgan fingerprint density at radius 2 is 1.58 bits per heavy atom. The van der Waals surface area contributed by atoms with E-state index < -0.39 is 21.7 Å². The van der Waals surface area contributed by atoms with Crippen molar-refractivity contribution < 1.29 is 17.6 Å². The smallest absolute Gasteiger partial charge is 0.243 e. The Bertz CT molecular complexity index is 1700. The van der Waals surface area contributed by atoms with Gasteiger partial charge in [0.05, 0.1) is 22.8 Å². The number of nitrogens with zero attached hydrogens (tertiary/aromatic N) is 3. The van der Waals surface area contributed by atoms with Gasteiger partial charge >= 0.3 is 0 Å². The van der Waals surface area contributed by atoms with Crippen molar-refractivity contribution in [3.05, 3.63) is 109 Å². The number of halogens is 1. The average Bonchev–Trinajstić information content (AvgIpc) is 3.35. The van der Waals surface area contributed by atoms with E-state index in [1.54, 1.807) is 43.3 Å². The second kappa shape index (κ2) is 10.6. The molecule has 0 aliphatic rings. The number of likely N-dealkylation sites (N-methyl/N-ethyl adjacent to an activating group) is 1. The van der Waals surface area contributed by atoms with Gasteiger partial charge in [0.2, 0.25) is 15.9 Å². The fraction of sp³-hybridized carbons (Fsp3) is 0.103. The number of sulfonamides is 1. The van der Waals surface area contributed by atoms with Crippen molar-refractivity contribution in [3.63, 3.8) is 0 Å². The SMILES string of the molecule is CCN(CC(=O)Nc1cc(-c2ccccc2)nn1-c1ccc(F)cc1)S(=O)(=O)c1ccc2ccccc2c1. The Labute approximate surface area is 220 Å². The summed E-state index contributed by atoms with van der Waals surface area (Å²) in [5, 5.41) is 9.12. The Morgan fingerprint density at radius 1 is 0.895 bits per heavy atom. The van der Waals surface area contributed by atoms with Crippen molar-refractivity contribution in [1.82, 2.24) is 14.1 Å². The van der Waals surface area contributed by atoms with E-state index in [2.05, 4.69) is 10.4 Å². The molecule has 1 heterocycles. The van der Waals surface area contributed by atoms with Gasteiger partial charge in [0.1, 0.15) is 11.6 Å². The second-order valence-electron chi connectivity index (χ2n) is 8.66. The number of benzene rings is 4. The first-order valence-electron chi connectivity index (χ1n) is 12.1. The van der Waals surface area contributed by atoms with Gasteiger partial charge in [-0.3, -0.25) is 4.79 Å². The monoisotopic (exact) mass is 528 g/mol. The molecule has 0 radical (unpaired) electrons. The fourth-order valence-corrected chi connectivity index (χ4v) is 5.63. The third-order valence-electron chi connectivity index (χ3n) is 6.15. The summed E-state index contributed by atoms with van der Waals surface area (Å²) in [6, 6.07) is 29.2. The molecule has 7 nitrogen and oxygen atoms in total. The van der Waals surface area contributed by atoms with Crippen molar-refractivity contribution in [3.8, 4) is 16.9 Å². The Kier molecular flexibility index (Phi) is 7.04. The van der Waals surface area contributed by atoms with E-state index >= 15 is 0 Å². The van der Waals surface area contributed by atoms with E-state index in [1.165, 1.54) is 16.8 Å². The molecule has 0 unspecified atom stereocenters. The van der Waals surface area contributed by atoms with Crippen LogP contribution in [0.1, 0.15) is 6.92 Å². The van der Waals surface area contributed by atoms with Crippen molar-refractivity contribution in [1.29, 1.82) is 0 Å². The van der Waals surface area contributed by atoms with Crippen LogP contribution in [0.3, 0.4) is 0 Å². The van der Waals surface area contributed by atoms with E-state index in [1.807, 2.05) is 54.6 Å². The molecule has 0 spiro atoms. The Hall–Kier alpha value is -4.34. The summed E-state index contributed by atoms with van der Waals surface area (Å²) < 4.78 is 43.0. The molecule has 0 aliphatic heterocycles. The van der Waals surface area contributed by atoms with Gasteiger partial charge in [0, 0.05) is 18.2 Å². The zero-order chi connectivity index (χ0) is 26.7. The molecule has 9 heteroatoms. The number of amides is 1. The van der Waals surface area contributed by atoms with Crippen LogP contribution in [0, 0.1) is 5.82 Å². The van der Waals surface area contributed by atoms with Gasteiger partial charge in [-0.25, -0.2) is 17.5 Å². The summed E-state index contributed by atoms with van der Waals surface area (Å²) in [7, 11) is -3.93. The summed E-state index contributed by atoms with van der Waals surface area (Å²) in [6.45, 7) is 1.40. The maximum absolute atomic E-state index is 13.5. The number of hydrogen-bond acceptors (Lipinski definition) is 4. The van der Waals surface area contributed by atoms with E-state index in [0.717, 1.165) is 20.6 Å². The first-order valence-corrected chi connectivity index (χ1v) is 13.5. The maximum Gasteiger partial charge on any atom is 0.243 e. The molecular weight excluding hydrogens is 503 g/mol. The quantitative estimate of drug-likeness (QED) is 0.289. The zero-order valence-electron chi connectivity index (χ0n) is 20.6. The molecule has 0 aliphatic carbocycles. The van der Waals surface area contributed by atoms with E-state index in [4.69, 9.17) is 0 Å². The topological polar surface area (TPSA) is 84.3 Å². The summed E-state index contributed by atoms with van der Waals surface area (Å²) in [5.74, 6) is -0.592. The molecule has 1 N–H and O–H groups in total. The second-order valence-corrected chi connectivity index (χ2v) is 10.6. The van der Waals surface area contributed by atoms with E-state index in [9.17, 15) is 17.6 Å². The number of rotatable bonds is 8. The standard InChI is InChI=1S/C29H25FN4O3S/c1-2-33(38(36,37)26-17-12-21-8-6-7-11-23(21)18-26)20-29(35)31-28-19-27(22-9-4-3-5-10-22)32-34(28)25-15-13-24(30)14-16-25/h3-19H,2,20H2,1H3,(H,31,35). The molecule has 0 atom stereocenters. The molecule has 192 valence electrons. The highest BCUT2D eigenvalue weighted by atomic mass is 32.2. The minimum absolute atomic E-state index is 0.106. The lowest BCUT2D eigenvalue weighted by molar-refractivity contribution is -0.116. The van der Waals surface area contributed by atoms with Gasteiger partial charge in [-0.2, -0.15) is 9.40 Å². The highest BCUT2D eigenvalue weighted by molar-refractivity contribution is 7.89. The normalized spacial score (nSPS) is 11.7. The first-order chi connectivity index (χ1) is 18.3. The molecule has 0 bridgehead atoms. The maximum atomic E-state index is 13.5. The fourth-order valence-electron chi connectivity index (χ4n) is 4.19. The molecule has 1 aromatic heterocycles. The highest BCUT2D eigenvalue weighted by Gasteiger charge is 2.26. The lowest BCUT2D eigenvalue weighted by Crippen LogP contribution is -2.38. The third kappa shape index (κ3) is 5.20. The van der Waals surface area contributed by atoms with E-state index in [-0.39, 0.29) is 18.0 Å². The number of carbonyl (C=O) groups is 1. The largest absolute Gasteiger partial charge is 0.309 e. The predicted molar refractivity (Wildman–Crippen MR) is 146 cm³/mol. The molecular formula is C29H25FN4O3S. The van der Waals surface area contributed by atoms with Crippen molar-refractivity contribution in [2.24, 2.45) is 0 Å². The number of anilines is 1. The average molecular weight is 529 g/mol. The summed E-state index contributed by atoms with van der Waals surface area (Å²) in [6.07, 6.45) is 0. The Morgan fingerprint density at radius 3 is 2.29 bits per heavy atom. The molecule has 5 aromatic rings. The first kappa shape index (κ1) is 25.3. The predicted octanol–water partition coefficient (Wildman–Crippen LogP) is 5.48. The van der Waals surface area contributed by atoms with Crippen LogP contribution in [0.5, 0.6) is 0 Å². The summed E-state index contributed by atoms with van der Waals surface area (Å²) >= 11 is 0. The molecule has 0 saturated heterocycles. The van der Waals surface area contributed by atoms with Crippen LogP contribution in [0.2, 0.25) is 0 Å². The number of nitrogens with one attached hydrogen (secondary N) is 1. The summed E-state index contributed by atoms with van der Waals surface area (Å²) in [4.78, 5) is 13.3. The number of hydrogen-bond donors (Lipinski definition) is 1. The molecule has 0 fully saturated rings. The number of aromatic nitrogens is 2. The number of carbonyl (C=O) groups excluding carboxylic acids is 1. The molecule has 4 aromatic carbocycles. The van der Waals surface area contributed by atoms with Gasteiger partial charge in [-0.15, -0.1) is 0 Å². The molecule has 5 rings (SSSR count). The molecule has 0 saturated carbocycles. The minimum atomic E-state index is -3.93. The van der Waals surface area contributed by atoms with Gasteiger partial charge < -0.3 is 5.32 Å². The van der Waals surface area contributed by atoms with Crippen LogP contribution in [-0.4, -0.2) is 41.5 Å². The minimum Gasteiger partial charge on any atom is -0.309 e. The van der Waals surface area contributed by atoms with Gasteiger partial charge in [0.15, 0.2) is 0 Å². The lowest BCUT2D eigenvalue weighted by atomic mass is 10.1. The van der Waals surface area contributed by atoms with Crippen molar-refractivity contribution in [2.45, 2.75) is 11.8 Å². The highest BCUT2D eigenvalue weighted by Crippen LogP contribution is 2.26. The van der Waals surface area contributed by atoms with E-state index in [0.29, 0.717) is 17.2 Å². The Balaban J connectivity index is 1.42. The van der Waals surface area contributed by atoms with Crippen molar-refractivity contribution >= 4 is 32.5 Å². The number of fused-ring (bicyclic) bond motifs is 1. The van der Waals surface area contributed by atoms with Crippen LogP contribution in [0.25, 0.3) is 27.7 Å². The van der Waals surface area contributed by atoms with Crippen LogP contribution >= 0.6 is 0 Å². The van der Waals surface area contributed by atoms with Crippen LogP contribution in [-0.2, 0) is 14.8 Å². The molecule has 38 heavy (non-hydrogen) atoms. The third-order valence-corrected chi connectivity index (χ3v) is 8.07. The van der Waals surface area contributed by atoms with Gasteiger partial charge in [-0.05, 0) is 47.2 Å². The van der Waals surface area contributed by atoms with Crippen LogP contribution in [0.4, 0.5) is 10.2 Å². The summed E-state index contributed by atoms with van der Waals surface area (Å²) in [5.41, 5.74) is 1.97. The van der Waals surface area contributed by atoms with Crippen LogP contribution < -0.4 is 5.32 Å². The van der Waals surface area contributed by atoms with Crippen LogP contribution in [0.15, 0.2) is 108 Å². The zero-order valence-corrected chi connectivity index (χ0v) is 21.4. The van der Waals surface area contributed by atoms with Gasteiger partial charge in [-0.1, -0.05) is 67.6 Å². The molecule has 1 amide bonds. The lowest BCUT2D eigenvalue weighted by Gasteiger charge is -2.20. The van der Waals surface area contributed by atoms with Crippen molar-refractivity contribution in [2.75, 3.05) is 18.4 Å².